The first-order valence-electron chi connectivity index (χ1n) is 5.17. The van der Waals surface area contributed by atoms with E-state index >= 15 is 0 Å². The van der Waals surface area contributed by atoms with Gasteiger partial charge in [-0.3, -0.25) is 9.89 Å². The summed E-state index contributed by atoms with van der Waals surface area (Å²) in [5, 5.41) is 10.8. The largest absolute Gasteiger partial charge is 0.490 e. The third kappa shape index (κ3) is 4.94. The lowest BCUT2D eigenvalue weighted by molar-refractivity contribution is -0.192. The molecule has 0 saturated heterocycles. The van der Waals surface area contributed by atoms with Crippen LogP contribution in [0.25, 0.3) is 0 Å². The molecule has 2 heterocycles. The Morgan fingerprint density at radius 2 is 2.16 bits per heavy atom. The summed E-state index contributed by atoms with van der Waals surface area (Å²) in [7, 11) is 0. The summed E-state index contributed by atoms with van der Waals surface area (Å²) >= 11 is 0. The van der Waals surface area contributed by atoms with E-state index < -0.39 is 12.1 Å². The van der Waals surface area contributed by atoms with Crippen LogP contribution in [0.3, 0.4) is 0 Å². The molecule has 0 unspecified atom stereocenters. The number of carboxylic acid groups (broad SMARTS) is 1. The quantitative estimate of drug-likeness (QED) is 0.832. The molecule has 10 heteroatoms. The third-order valence-corrected chi connectivity index (χ3v) is 1.91. The molecule has 106 valence electrons. The number of aryl methyl sites for hydroxylation is 1. The minimum absolute atomic E-state index is 0.538. The number of nitrogens with zero attached hydrogens (tertiary/aromatic N) is 4. The highest BCUT2D eigenvalue weighted by molar-refractivity contribution is 5.75. The topological polar surface area (TPSA) is 91.8 Å². The number of anilines is 1. The predicted molar refractivity (Wildman–Crippen MR) is 58.0 cm³/mol. The third-order valence-electron chi connectivity index (χ3n) is 1.91. The average Bonchev–Trinajstić information content (AvgIpc) is 2.77. The van der Waals surface area contributed by atoms with Gasteiger partial charge in [-0.25, -0.2) is 4.79 Å². The fourth-order valence-corrected chi connectivity index (χ4v) is 1.09. The van der Waals surface area contributed by atoms with Gasteiger partial charge in [0.25, 0.3) is 0 Å². The van der Waals surface area contributed by atoms with Gasteiger partial charge in [0.15, 0.2) is 5.82 Å². The molecular formula is C9H11F3N4O3. The zero-order valence-corrected chi connectivity index (χ0v) is 9.89. The maximum absolute atomic E-state index is 10.6. The Morgan fingerprint density at radius 3 is 2.53 bits per heavy atom. The number of carboxylic acids is 1. The zero-order chi connectivity index (χ0) is 14.5. The summed E-state index contributed by atoms with van der Waals surface area (Å²) in [4.78, 5) is 19.0. The maximum atomic E-state index is 10.6. The summed E-state index contributed by atoms with van der Waals surface area (Å²) in [5.41, 5.74) is 0. The van der Waals surface area contributed by atoms with Crippen molar-refractivity contribution in [3.63, 3.8) is 0 Å². The van der Waals surface area contributed by atoms with Gasteiger partial charge in [-0.15, -0.1) is 0 Å². The molecule has 2 rings (SSSR count). The first-order valence-corrected chi connectivity index (χ1v) is 5.17. The van der Waals surface area contributed by atoms with Crippen molar-refractivity contribution in [3.8, 4) is 0 Å². The number of aliphatic imine (C=N–C) groups is 1. The normalized spacial score (nSPS) is 14.8. The second-order valence-electron chi connectivity index (χ2n) is 3.50. The number of aliphatic carboxylic acids is 1. The Hall–Kier alpha value is -2.13. The minimum atomic E-state index is -5.08. The van der Waals surface area contributed by atoms with E-state index in [-0.39, 0.29) is 0 Å². The van der Waals surface area contributed by atoms with Gasteiger partial charge in [-0.2, -0.15) is 18.2 Å². The highest BCUT2D eigenvalue weighted by Crippen LogP contribution is 2.13. The molecule has 0 fully saturated rings. The van der Waals surface area contributed by atoms with Crippen molar-refractivity contribution in [1.82, 2.24) is 10.1 Å². The Kier molecular flexibility index (Phi) is 4.84. The van der Waals surface area contributed by atoms with Gasteiger partial charge in [-0.05, 0) is 13.3 Å². The first-order chi connectivity index (χ1) is 8.80. The molecule has 1 aromatic heterocycles. The van der Waals surface area contributed by atoms with Crippen LogP contribution in [-0.4, -0.2) is 46.8 Å². The van der Waals surface area contributed by atoms with Gasteiger partial charge < -0.3 is 9.63 Å². The van der Waals surface area contributed by atoms with Crippen LogP contribution in [0, 0.1) is 6.92 Å². The first kappa shape index (κ1) is 14.9. The van der Waals surface area contributed by atoms with Gasteiger partial charge >= 0.3 is 18.2 Å². The molecule has 0 amide bonds. The molecule has 0 aromatic carbocycles. The monoisotopic (exact) mass is 280 g/mol. The van der Waals surface area contributed by atoms with E-state index in [0.717, 1.165) is 19.5 Å². The van der Waals surface area contributed by atoms with Crippen molar-refractivity contribution in [2.24, 2.45) is 4.99 Å². The number of aromatic nitrogens is 2. The lowest BCUT2D eigenvalue weighted by atomic mass is 10.4. The molecule has 0 bridgehead atoms. The molecule has 1 aliphatic heterocycles. The maximum Gasteiger partial charge on any atom is 0.490 e. The van der Waals surface area contributed by atoms with Crippen LogP contribution in [0.2, 0.25) is 0 Å². The summed E-state index contributed by atoms with van der Waals surface area (Å²) in [5.74, 6) is -2.10. The lowest BCUT2D eigenvalue weighted by Crippen LogP contribution is -2.26. The summed E-state index contributed by atoms with van der Waals surface area (Å²) in [6, 6.07) is 0.538. The van der Waals surface area contributed by atoms with Crippen molar-refractivity contribution in [1.29, 1.82) is 0 Å². The molecule has 7 nitrogen and oxygen atoms in total. The number of carbonyl (C=O) groups is 1. The summed E-state index contributed by atoms with van der Waals surface area (Å²) in [6.45, 7) is 3.60. The predicted octanol–water partition coefficient (Wildman–Crippen LogP) is 1.25. The second-order valence-corrected chi connectivity index (χ2v) is 3.50. The van der Waals surface area contributed by atoms with E-state index in [4.69, 9.17) is 14.4 Å². The molecule has 0 aliphatic carbocycles. The average molecular weight is 280 g/mol. The van der Waals surface area contributed by atoms with Crippen molar-refractivity contribution < 1.29 is 27.6 Å². The van der Waals surface area contributed by atoms with E-state index in [0.29, 0.717) is 11.8 Å². The van der Waals surface area contributed by atoms with Crippen LogP contribution in [0.1, 0.15) is 12.2 Å². The van der Waals surface area contributed by atoms with Crippen molar-refractivity contribution in [3.05, 3.63) is 5.82 Å². The van der Waals surface area contributed by atoms with E-state index in [1.165, 1.54) is 0 Å². The lowest BCUT2D eigenvalue weighted by Gasteiger charge is -2.16. The fraction of sp³-hybridized carbons (Fsp3) is 0.556. The van der Waals surface area contributed by atoms with Crippen molar-refractivity contribution >= 4 is 18.3 Å². The zero-order valence-electron chi connectivity index (χ0n) is 9.89. The van der Waals surface area contributed by atoms with Gasteiger partial charge in [0, 0.05) is 13.1 Å². The number of hydrogen-bond donors (Lipinski definition) is 1. The van der Waals surface area contributed by atoms with Gasteiger partial charge in [0.2, 0.25) is 0 Å². The molecule has 1 aromatic rings. The van der Waals surface area contributed by atoms with E-state index in [2.05, 4.69) is 15.1 Å². The SMILES string of the molecule is Cc1noc(N2C=NCCC2)n1.O=C(O)C(F)(F)F. The molecule has 0 saturated carbocycles. The summed E-state index contributed by atoms with van der Waals surface area (Å²) < 4.78 is 36.7. The van der Waals surface area contributed by atoms with Gasteiger partial charge in [0.1, 0.15) is 0 Å². The van der Waals surface area contributed by atoms with Crippen LogP contribution in [0.5, 0.6) is 0 Å². The minimum Gasteiger partial charge on any atom is -0.475 e. The molecule has 1 aliphatic rings. The number of alkyl halides is 3. The Labute approximate surface area is 105 Å². The van der Waals surface area contributed by atoms with E-state index in [1.54, 1.807) is 13.3 Å². The number of rotatable bonds is 1. The van der Waals surface area contributed by atoms with E-state index in [9.17, 15) is 13.2 Å². The van der Waals surface area contributed by atoms with Crippen LogP contribution >= 0.6 is 0 Å². The van der Waals surface area contributed by atoms with Crippen LogP contribution in [0.4, 0.5) is 19.2 Å². The Morgan fingerprint density at radius 1 is 1.53 bits per heavy atom. The standard InChI is InChI=1S/C7H10N4O.C2HF3O2/c1-6-9-7(12-10-6)11-4-2-3-8-5-11;3-2(4,5)1(6)7/h5H,2-4H2,1H3;(H,6,7). The molecule has 19 heavy (non-hydrogen) atoms. The van der Waals surface area contributed by atoms with Crippen molar-refractivity contribution in [2.75, 3.05) is 18.0 Å². The highest BCUT2D eigenvalue weighted by atomic mass is 19.4. The second kappa shape index (κ2) is 6.16. The van der Waals surface area contributed by atoms with Crippen LogP contribution in [0.15, 0.2) is 9.52 Å². The highest BCUT2D eigenvalue weighted by Gasteiger charge is 2.38. The van der Waals surface area contributed by atoms with Crippen LogP contribution < -0.4 is 4.90 Å². The van der Waals surface area contributed by atoms with Crippen molar-refractivity contribution in [2.45, 2.75) is 19.5 Å². The smallest absolute Gasteiger partial charge is 0.475 e. The molecule has 0 spiro atoms. The van der Waals surface area contributed by atoms with Gasteiger partial charge in [-0.1, -0.05) is 5.16 Å². The molecular weight excluding hydrogens is 269 g/mol. The van der Waals surface area contributed by atoms with E-state index in [1.807, 2.05) is 4.90 Å². The molecule has 0 atom stereocenters. The van der Waals surface area contributed by atoms with Crippen LogP contribution in [-0.2, 0) is 4.79 Å². The molecule has 1 N–H and O–H groups in total. The molecule has 0 radical (unpaired) electrons. The number of hydrogen-bond acceptors (Lipinski definition) is 6. The Balaban J connectivity index is 0.000000224. The number of halogens is 3. The van der Waals surface area contributed by atoms with Gasteiger partial charge in [0.05, 0.1) is 6.34 Å². The summed E-state index contributed by atoms with van der Waals surface area (Å²) in [6.07, 6.45) is -2.30. The fourth-order valence-electron chi connectivity index (χ4n) is 1.09. The Bertz CT molecular complexity index is 458.